The lowest BCUT2D eigenvalue weighted by Crippen LogP contribution is -2.49. The molecule has 1 fully saturated rings. The number of carbonyl (C=O) groups excluding carboxylic acids is 2. The number of alkyl halides is 3. The van der Waals surface area contributed by atoms with Crippen molar-refractivity contribution in [2.45, 2.75) is 31.2 Å². The third-order valence-corrected chi connectivity index (χ3v) is 5.36. The van der Waals surface area contributed by atoms with Gasteiger partial charge in [0.15, 0.2) is 5.41 Å². The van der Waals surface area contributed by atoms with Crippen molar-refractivity contribution < 1.29 is 37.0 Å². The molecule has 5 nitrogen and oxygen atoms in total. The number of rotatable bonds is 4. The molecule has 2 atom stereocenters. The second-order valence-corrected chi connectivity index (χ2v) is 7.03. The van der Waals surface area contributed by atoms with E-state index in [0.717, 1.165) is 31.9 Å². The van der Waals surface area contributed by atoms with E-state index in [0.29, 0.717) is 6.42 Å². The van der Waals surface area contributed by atoms with Gasteiger partial charge in [0.25, 0.3) is 0 Å². The van der Waals surface area contributed by atoms with Gasteiger partial charge in [-0.05, 0) is 36.1 Å². The van der Waals surface area contributed by atoms with Crippen molar-refractivity contribution in [2.24, 2.45) is 5.41 Å². The number of ether oxygens (including phenoxy) is 3. The minimum Gasteiger partial charge on any atom is -0.468 e. The van der Waals surface area contributed by atoms with Crippen molar-refractivity contribution in [3.63, 3.8) is 0 Å². The van der Waals surface area contributed by atoms with Gasteiger partial charge >= 0.3 is 18.1 Å². The van der Waals surface area contributed by atoms with Crippen LogP contribution in [0.1, 0.15) is 41.7 Å². The first-order valence-corrected chi connectivity index (χ1v) is 9.28. The monoisotopic (exact) mass is 422 g/mol. The molecule has 0 aliphatic carbocycles. The molecule has 0 bridgehead atoms. The van der Waals surface area contributed by atoms with Crippen molar-refractivity contribution in [3.05, 3.63) is 71.3 Å². The lowest BCUT2D eigenvalue weighted by atomic mass is 9.71. The maximum absolute atomic E-state index is 13.0. The van der Waals surface area contributed by atoms with Crippen molar-refractivity contribution in [2.75, 3.05) is 14.2 Å². The fraction of sp³-hybridized carbons (Fsp3) is 0.364. The minimum absolute atomic E-state index is 0.0532. The first kappa shape index (κ1) is 21.8. The van der Waals surface area contributed by atoms with Crippen molar-refractivity contribution >= 4 is 11.9 Å². The van der Waals surface area contributed by atoms with Crippen LogP contribution in [0.15, 0.2) is 54.6 Å². The molecule has 0 N–H and O–H groups in total. The quantitative estimate of drug-likeness (QED) is 0.531. The Balaban J connectivity index is 2.08. The summed E-state index contributed by atoms with van der Waals surface area (Å²) in [5, 5.41) is 0. The number of hydrogen-bond acceptors (Lipinski definition) is 5. The number of halogens is 3. The van der Waals surface area contributed by atoms with Crippen LogP contribution in [0.3, 0.4) is 0 Å². The van der Waals surface area contributed by atoms with Gasteiger partial charge in [-0.15, -0.1) is 0 Å². The van der Waals surface area contributed by atoms with Crippen LogP contribution >= 0.6 is 0 Å². The van der Waals surface area contributed by atoms with Crippen LogP contribution in [0.4, 0.5) is 13.2 Å². The molecular weight excluding hydrogens is 401 g/mol. The number of benzene rings is 2. The fourth-order valence-corrected chi connectivity index (χ4v) is 3.83. The van der Waals surface area contributed by atoms with E-state index >= 15 is 0 Å². The third-order valence-electron chi connectivity index (χ3n) is 5.36. The summed E-state index contributed by atoms with van der Waals surface area (Å²) in [4.78, 5) is 25.5. The van der Waals surface area contributed by atoms with Crippen LogP contribution in [0.5, 0.6) is 0 Å². The standard InChI is InChI=1S/C22H21F3O5/c1-28-19(26)21(20(27)29-2)13-12-17(14-6-4-3-5-7-14)30-18(21)15-8-10-16(11-9-15)22(23,24)25/h3-11,17-18H,12-13H2,1-2H3. The topological polar surface area (TPSA) is 61.8 Å². The smallest absolute Gasteiger partial charge is 0.416 e. The fourth-order valence-electron chi connectivity index (χ4n) is 3.83. The summed E-state index contributed by atoms with van der Waals surface area (Å²) in [7, 11) is 2.28. The summed E-state index contributed by atoms with van der Waals surface area (Å²) in [6, 6.07) is 13.4. The zero-order valence-corrected chi connectivity index (χ0v) is 16.4. The molecule has 8 heteroatoms. The van der Waals surface area contributed by atoms with Crippen LogP contribution in [0.2, 0.25) is 0 Å². The highest BCUT2D eigenvalue weighted by atomic mass is 19.4. The second kappa shape index (κ2) is 8.47. The van der Waals surface area contributed by atoms with Crippen molar-refractivity contribution in [3.8, 4) is 0 Å². The molecule has 1 saturated heterocycles. The highest BCUT2D eigenvalue weighted by molar-refractivity contribution is 6.01. The molecule has 2 aromatic rings. The Hall–Kier alpha value is -2.87. The normalized spacial score (nSPS) is 21.0. The van der Waals surface area contributed by atoms with E-state index in [2.05, 4.69) is 0 Å². The van der Waals surface area contributed by atoms with Gasteiger partial charge in [0, 0.05) is 0 Å². The zero-order chi connectivity index (χ0) is 21.9. The number of carbonyl (C=O) groups is 2. The molecule has 0 aromatic heterocycles. The van der Waals surface area contributed by atoms with E-state index in [-0.39, 0.29) is 12.0 Å². The molecular formula is C22H21F3O5. The summed E-state index contributed by atoms with van der Waals surface area (Å²) in [5.74, 6) is -1.71. The predicted molar refractivity (Wildman–Crippen MR) is 100 cm³/mol. The van der Waals surface area contributed by atoms with Gasteiger partial charge in [-0.3, -0.25) is 9.59 Å². The number of methoxy groups -OCH3 is 2. The number of esters is 2. The van der Waals surface area contributed by atoms with E-state index in [4.69, 9.17) is 14.2 Å². The molecule has 0 radical (unpaired) electrons. The van der Waals surface area contributed by atoms with Gasteiger partial charge in [0.05, 0.1) is 25.9 Å². The summed E-state index contributed by atoms with van der Waals surface area (Å²) in [6.45, 7) is 0. The highest BCUT2D eigenvalue weighted by Gasteiger charge is 2.59. The van der Waals surface area contributed by atoms with E-state index in [9.17, 15) is 22.8 Å². The van der Waals surface area contributed by atoms with Crippen molar-refractivity contribution in [1.82, 2.24) is 0 Å². The second-order valence-electron chi connectivity index (χ2n) is 7.03. The highest BCUT2D eigenvalue weighted by Crippen LogP contribution is 2.51. The van der Waals surface area contributed by atoms with Crippen LogP contribution in [-0.4, -0.2) is 26.2 Å². The summed E-state index contributed by atoms with van der Waals surface area (Å²) >= 11 is 0. The lowest BCUT2D eigenvalue weighted by Gasteiger charge is -2.42. The van der Waals surface area contributed by atoms with E-state index in [1.54, 1.807) is 0 Å². The molecule has 1 aliphatic rings. The molecule has 1 aliphatic heterocycles. The van der Waals surface area contributed by atoms with Crippen molar-refractivity contribution in [1.29, 1.82) is 0 Å². The Morgan fingerprint density at radius 1 is 0.933 bits per heavy atom. The molecule has 1 heterocycles. The largest absolute Gasteiger partial charge is 0.468 e. The maximum atomic E-state index is 13.0. The van der Waals surface area contributed by atoms with Crippen LogP contribution in [0, 0.1) is 5.41 Å². The average molecular weight is 422 g/mol. The van der Waals surface area contributed by atoms with Gasteiger partial charge in [0.1, 0.15) is 6.10 Å². The molecule has 160 valence electrons. The van der Waals surface area contributed by atoms with Gasteiger partial charge in [0.2, 0.25) is 0 Å². The van der Waals surface area contributed by atoms with Gasteiger partial charge < -0.3 is 14.2 Å². The lowest BCUT2D eigenvalue weighted by molar-refractivity contribution is -0.199. The molecule has 2 unspecified atom stereocenters. The molecule has 3 rings (SSSR count). The first-order chi connectivity index (χ1) is 14.2. The Labute approximate surface area is 171 Å². The molecule has 0 spiro atoms. The minimum atomic E-state index is -4.51. The van der Waals surface area contributed by atoms with Crippen LogP contribution in [-0.2, 0) is 30.0 Å². The summed E-state index contributed by atoms with van der Waals surface area (Å²) in [5.41, 5.74) is -1.59. The molecule has 0 amide bonds. The zero-order valence-electron chi connectivity index (χ0n) is 16.4. The van der Waals surface area contributed by atoms with Gasteiger partial charge in [-0.2, -0.15) is 13.2 Å². The number of hydrogen-bond donors (Lipinski definition) is 0. The van der Waals surface area contributed by atoms with Gasteiger partial charge in [-0.25, -0.2) is 0 Å². The predicted octanol–water partition coefficient (Wildman–Crippen LogP) is 4.63. The van der Waals surface area contributed by atoms with Crippen LogP contribution < -0.4 is 0 Å². The average Bonchev–Trinajstić information content (AvgIpc) is 2.77. The first-order valence-electron chi connectivity index (χ1n) is 9.28. The maximum Gasteiger partial charge on any atom is 0.416 e. The Bertz CT molecular complexity index is 877. The Morgan fingerprint density at radius 2 is 1.50 bits per heavy atom. The van der Waals surface area contributed by atoms with E-state index < -0.39 is 41.3 Å². The van der Waals surface area contributed by atoms with Gasteiger partial charge in [-0.1, -0.05) is 42.5 Å². The van der Waals surface area contributed by atoms with E-state index in [1.807, 2.05) is 30.3 Å². The third kappa shape index (κ3) is 3.92. The van der Waals surface area contributed by atoms with E-state index in [1.165, 1.54) is 12.1 Å². The molecule has 0 saturated carbocycles. The summed E-state index contributed by atoms with van der Waals surface area (Å²) < 4.78 is 54.9. The SMILES string of the molecule is COC(=O)C1(C(=O)OC)CCC(c2ccccc2)OC1c1ccc(C(F)(F)F)cc1. The molecule has 2 aromatic carbocycles. The Kier molecular flexibility index (Phi) is 6.17. The molecule has 30 heavy (non-hydrogen) atoms. The van der Waals surface area contributed by atoms with Crippen LogP contribution in [0.25, 0.3) is 0 Å². The Morgan fingerprint density at radius 3 is 2.00 bits per heavy atom. The summed E-state index contributed by atoms with van der Waals surface area (Å²) in [6.07, 6.45) is -5.77.